The Hall–Kier alpha value is -2.95. The normalized spacial score (nSPS) is 10.2. The molecule has 0 saturated heterocycles. The Morgan fingerprint density at radius 3 is 2.37 bits per heavy atom. The van der Waals surface area contributed by atoms with E-state index in [1.54, 1.807) is 19.4 Å². The van der Waals surface area contributed by atoms with Crippen molar-refractivity contribution in [3.8, 4) is 11.5 Å². The molecule has 5 heteroatoms. The summed E-state index contributed by atoms with van der Waals surface area (Å²) in [5.74, 6) is 1.34. The summed E-state index contributed by atoms with van der Waals surface area (Å²) in [7, 11) is 1.66. The molecule has 1 aromatic heterocycles. The number of phenols is 1. The summed E-state index contributed by atoms with van der Waals surface area (Å²) in [5, 5.41) is 20.9. The number of unbranched alkanes of at least 4 members (excludes halogenated alkanes) is 3. The van der Waals surface area contributed by atoms with Crippen molar-refractivity contribution in [1.82, 2.24) is 15.4 Å². The van der Waals surface area contributed by atoms with Crippen LogP contribution in [-0.2, 0) is 19.3 Å². The predicted octanol–water partition coefficient (Wildman–Crippen LogP) is 5.55. The first kappa shape index (κ1) is 23.3. The fourth-order valence-corrected chi connectivity index (χ4v) is 3.28. The quantitative estimate of drug-likeness (QED) is 0.471. The number of nitrogens with zero attached hydrogens (tertiary/aromatic N) is 3. The molecular formula is C25H33N3O2. The van der Waals surface area contributed by atoms with Crippen LogP contribution in [0.3, 0.4) is 0 Å². The van der Waals surface area contributed by atoms with Crippen molar-refractivity contribution in [1.29, 1.82) is 0 Å². The SMILES string of the molecule is CCCCCCc1c(O)cccc1CC.COc1ccc(Cc2ccnnn2)cc1. The van der Waals surface area contributed by atoms with Crippen LogP contribution in [0, 0.1) is 0 Å². The van der Waals surface area contributed by atoms with Crippen molar-refractivity contribution in [2.45, 2.75) is 58.8 Å². The fourth-order valence-electron chi connectivity index (χ4n) is 3.28. The topological polar surface area (TPSA) is 68.1 Å². The van der Waals surface area contributed by atoms with E-state index in [1.807, 2.05) is 36.4 Å². The zero-order chi connectivity index (χ0) is 21.6. The molecule has 0 spiro atoms. The minimum Gasteiger partial charge on any atom is -0.508 e. The van der Waals surface area contributed by atoms with Gasteiger partial charge >= 0.3 is 0 Å². The molecule has 30 heavy (non-hydrogen) atoms. The second kappa shape index (κ2) is 13.3. The predicted molar refractivity (Wildman–Crippen MR) is 121 cm³/mol. The van der Waals surface area contributed by atoms with Gasteiger partial charge in [-0.15, -0.1) is 10.2 Å². The highest BCUT2D eigenvalue weighted by molar-refractivity contribution is 5.39. The molecule has 3 aromatic rings. The molecule has 1 heterocycles. The number of aromatic nitrogens is 3. The van der Waals surface area contributed by atoms with E-state index in [4.69, 9.17) is 4.74 Å². The lowest BCUT2D eigenvalue weighted by Gasteiger charge is -2.09. The van der Waals surface area contributed by atoms with Crippen molar-refractivity contribution in [2.75, 3.05) is 7.11 Å². The number of ether oxygens (including phenoxy) is 1. The van der Waals surface area contributed by atoms with Crippen molar-refractivity contribution < 1.29 is 9.84 Å². The summed E-state index contributed by atoms with van der Waals surface area (Å²) in [6, 6.07) is 15.6. The van der Waals surface area contributed by atoms with E-state index in [0.29, 0.717) is 5.75 Å². The van der Waals surface area contributed by atoms with Crippen molar-refractivity contribution in [3.05, 3.63) is 77.1 Å². The third-order valence-electron chi connectivity index (χ3n) is 5.01. The highest BCUT2D eigenvalue weighted by atomic mass is 16.5. The number of phenolic OH excluding ortho intramolecular Hbond substituents is 1. The lowest BCUT2D eigenvalue weighted by Crippen LogP contribution is -1.95. The third-order valence-corrected chi connectivity index (χ3v) is 5.01. The molecule has 0 aliphatic heterocycles. The Morgan fingerprint density at radius 1 is 0.933 bits per heavy atom. The van der Waals surface area contributed by atoms with Crippen molar-refractivity contribution in [3.63, 3.8) is 0 Å². The van der Waals surface area contributed by atoms with Crippen LogP contribution in [-0.4, -0.2) is 27.6 Å². The molecule has 5 nitrogen and oxygen atoms in total. The molecule has 3 rings (SSSR count). The molecule has 0 amide bonds. The first-order valence-corrected chi connectivity index (χ1v) is 10.7. The number of aromatic hydroxyl groups is 1. The van der Waals surface area contributed by atoms with Crippen LogP contribution in [0.4, 0.5) is 0 Å². The van der Waals surface area contributed by atoms with Crippen LogP contribution in [0.25, 0.3) is 0 Å². The third kappa shape index (κ3) is 7.82. The average Bonchev–Trinajstić information content (AvgIpc) is 2.79. The van der Waals surface area contributed by atoms with Crippen molar-refractivity contribution in [2.24, 2.45) is 0 Å². The van der Waals surface area contributed by atoms with Crippen LogP contribution in [0.2, 0.25) is 0 Å². The van der Waals surface area contributed by atoms with Crippen LogP contribution < -0.4 is 4.74 Å². The Morgan fingerprint density at radius 2 is 1.73 bits per heavy atom. The maximum absolute atomic E-state index is 9.78. The lowest BCUT2D eigenvalue weighted by atomic mass is 9.98. The Bertz CT molecular complexity index is 852. The number of hydrogen-bond donors (Lipinski definition) is 1. The van der Waals surface area contributed by atoms with E-state index < -0.39 is 0 Å². The van der Waals surface area contributed by atoms with Gasteiger partial charge in [0, 0.05) is 6.42 Å². The van der Waals surface area contributed by atoms with Gasteiger partial charge in [-0.2, -0.15) is 0 Å². The average molecular weight is 408 g/mol. The van der Waals surface area contributed by atoms with Gasteiger partial charge in [0.05, 0.1) is 19.0 Å². The monoisotopic (exact) mass is 407 g/mol. The Kier molecular flexibility index (Phi) is 10.3. The molecule has 1 N–H and O–H groups in total. The largest absolute Gasteiger partial charge is 0.508 e. The highest BCUT2D eigenvalue weighted by Gasteiger charge is 2.05. The molecule has 0 fully saturated rings. The van der Waals surface area contributed by atoms with Crippen LogP contribution in [0.5, 0.6) is 11.5 Å². The molecule has 0 unspecified atom stereocenters. The summed E-state index contributed by atoms with van der Waals surface area (Å²) >= 11 is 0. The van der Waals surface area contributed by atoms with E-state index in [0.717, 1.165) is 36.3 Å². The Labute approximate surface area is 180 Å². The van der Waals surface area contributed by atoms with Gasteiger partial charge in [-0.3, -0.25) is 0 Å². The van der Waals surface area contributed by atoms with E-state index in [2.05, 4.69) is 35.3 Å². The molecule has 2 aromatic carbocycles. The maximum atomic E-state index is 9.78. The smallest absolute Gasteiger partial charge is 0.119 e. The van der Waals surface area contributed by atoms with Gasteiger partial charge in [-0.25, -0.2) is 0 Å². The number of methoxy groups -OCH3 is 1. The first-order chi connectivity index (χ1) is 14.7. The van der Waals surface area contributed by atoms with Gasteiger partial charge in [-0.1, -0.05) is 57.4 Å². The Balaban J connectivity index is 0.000000214. The molecule has 0 aliphatic rings. The van der Waals surface area contributed by atoms with Gasteiger partial charge in [-0.05, 0) is 65.4 Å². The van der Waals surface area contributed by atoms with Crippen LogP contribution >= 0.6 is 0 Å². The minimum absolute atomic E-state index is 0.478. The zero-order valence-corrected chi connectivity index (χ0v) is 18.3. The second-order valence-corrected chi connectivity index (χ2v) is 7.22. The van der Waals surface area contributed by atoms with Crippen molar-refractivity contribution >= 4 is 0 Å². The van der Waals surface area contributed by atoms with Gasteiger partial charge in [0.25, 0.3) is 0 Å². The molecule has 0 aliphatic carbocycles. The highest BCUT2D eigenvalue weighted by Crippen LogP contribution is 2.23. The standard InChI is InChI=1S/C14H22O.C11H11N3O/c1-3-5-6-7-10-13-12(4-2)9-8-11-14(13)15;1-15-11-4-2-9(3-5-11)8-10-6-7-12-14-13-10/h8-9,11,15H,3-7,10H2,1-2H3;2-7H,8H2,1H3. The first-order valence-electron chi connectivity index (χ1n) is 10.7. The fraction of sp³-hybridized carbons (Fsp3) is 0.400. The number of benzene rings is 2. The minimum atomic E-state index is 0.478. The molecule has 0 saturated carbocycles. The van der Waals surface area contributed by atoms with Gasteiger partial charge < -0.3 is 9.84 Å². The molecule has 0 radical (unpaired) electrons. The second-order valence-electron chi connectivity index (χ2n) is 7.22. The summed E-state index contributed by atoms with van der Waals surface area (Å²) in [4.78, 5) is 0. The summed E-state index contributed by atoms with van der Waals surface area (Å²) < 4.78 is 5.08. The lowest BCUT2D eigenvalue weighted by molar-refractivity contribution is 0.414. The van der Waals surface area contributed by atoms with Gasteiger partial charge in [0.15, 0.2) is 0 Å². The maximum Gasteiger partial charge on any atom is 0.119 e. The number of aryl methyl sites for hydroxylation is 1. The van der Waals surface area contributed by atoms with Crippen LogP contribution in [0.15, 0.2) is 54.7 Å². The molecule has 160 valence electrons. The molecular weight excluding hydrogens is 374 g/mol. The zero-order valence-electron chi connectivity index (χ0n) is 18.3. The van der Waals surface area contributed by atoms with E-state index >= 15 is 0 Å². The summed E-state index contributed by atoms with van der Waals surface area (Å²) in [5.41, 5.74) is 4.55. The molecule has 0 atom stereocenters. The molecule has 0 bridgehead atoms. The van der Waals surface area contributed by atoms with E-state index in [9.17, 15) is 5.11 Å². The van der Waals surface area contributed by atoms with E-state index in [-0.39, 0.29) is 0 Å². The van der Waals surface area contributed by atoms with Gasteiger partial charge in [0.1, 0.15) is 11.5 Å². The summed E-state index contributed by atoms with van der Waals surface area (Å²) in [6.45, 7) is 4.36. The van der Waals surface area contributed by atoms with Gasteiger partial charge in [0.2, 0.25) is 0 Å². The van der Waals surface area contributed by atoms with Crippen LogP contribution in [0.1, 0.15) is 61.9 Å². The number of rotatable bonds is 9. The number of hydrogen-bond acceptors (Lipinski definition) is 5. The van der Waals surface area contributed by atoms with E-state index in [1.165, 1.54) is 36.8 Å². The summed E-state index contributed by atoms with van der Waals surface area (Å²) in [6.07, 6.45) is 9.47.